The van der Waals surface area contributed by atoms with Crippen LogP contribution in [0.3, 0.4) is 0 Å². The van der Waals surface area contributed by atoms with Gasteiger partial charge in [0.25, 0.3) is 0 Å². The van der Waals surface area contributed by atoms with Crippen molar-refractivity contribution in [3.8, 4) is 5.75 Å². The molecular weight excluding hydrogens is 569 g/mol. The van der Waals surface area contributed by atoms with Crippen LogP contribution in [0.2, 0.25) is 0 Å². The molecule has 0 aliphatic heterocycles. The van der Waals surface area contributed by atoms with Crippen LogP contribution in [0.5, 0.6) is 5.75 Å². The van der Waals surface area contributed by atoms with Crippen LogP contribution in [0.4, 0.5) is 5.69 Å². The summed E-state index contributed by atoms with van der Waals surface area (Å²) in [6, 6.07) is 32.8. The molecule has 7 nitrogen and oxygen atoms in total. The molecule has 2 N–H and O–H groups in total. The predicted molar refractivity (Wildman–Crippen MR) is 175 cm³/mol. The Morgan fingerprint density at radius 3 is 2.09 bits per heavy atom. The van der Waals surface area contributed by atoms with Crippen LogP contribution in [0.15, 0.2) is 109 Å². The van der Waals surface area contributed by atoms with Gasteiger partial charge in [0.1, 0.15) is 5.75 Å². The fourth-order valence-electron chi connectivity index (χ4n) is 5.20. The molecule has 0 saturated carbocycles. The van der Waals surface area contributed by atoms with Crippen LogP contribution < -0.4 is 10.3 Å². The van der Waals surface area contributed by atoms with Crippen molar-refractivity contribution in [1.29, 1.82) is 0 Å². The van der Waals surface area contributed by atoms with Gasteiger partial charge in [0, 0.05) is 22.2 Å². The van der Waals surface area contributed by atoms with Gasteiger partial charge in [-0.25, -0.2) is 4.57 Å². The van der Waals surface area contributed by atoms with Crippen LogP contribution in [0, 0.1) is 13.8 Å². The largest absolute Gasteiger partial charge is 0.530 e. The Morgan fingerprint density at radius 2 is 1.43 bits per heavy atom. The highest BCUT2D eigenvalue weighted by Crippen LogP contribution is 2.51. The molecule has 2 heterocycles. The third kappa shape index (κ3) is 6.81. The number of phosphoric acid groups is 1. The van der Waals surface area contributed by atoms with Crippen LogP contribution in [-0.2, 0) is 39.7 Å². The number of hydrogen-bond donors (Lipinski definition) is 1. The molecule has 0 fully saturated rings. The highest BCUT2D eigenvalue weighted by atomic mass is 31.2. The molecule has 2 aromatic heterocycles. The van der Waals surface area contributed by atoms with E-state index < -0.39 is 7.82 Å². The van der Waals surface area contributed by atoms with Crippen molar-refractivity contribution < 1.29 is 18.1 Å². The number of nitrogen functional groups attached to an aromatic ring is 1. The molecule has 0 aliphatic carbocycles. The number of aromatic nitrogens is 2. The molecule has 222 valence electrons. The van der Waals surface area contributed by atoms with Crippen LogP contribution in [0.1, 0.15) is 33.5 Å². The number of anilines is 1. The molecule has 0 atom stereocenters. The lowest BCUT2D eigenvalue weighted by atomic mass is 10.0. The first-order chi connectivity index (χ1) is 21.4. The highest BCUT2D eigenvalue weighted by Gasteiger charge is 2.29. The number of benzene rings is 4. The van der Waals surface area contributed by atoms with Crippen molar-refractivity contribution in [3.05, 3.63) is 143 Å². The van der Waals surface area contributed by atoms with Crippen LogP contribution in [0.25, 0.3) is 21.8 Å². The molecule has 8 heteroatoms. The minimum absolute atomic E-state index is 0.0975. The fraction of sp³-hybridized carbons (Fsp3) is 0.167. The first-order valence-electron chi connectivity index (χ1n) is 14.6. The Bertz CT molecular complexity index is 1920. The standard InChI is InChI=1S/C36H34N3O4P/c1-25-13-20-33(37)35-32-19-17-30(39-34(32)22-38-36(25)35)16-14-29-15-18-31(21-26(29)2)43-44(40,41-23-27-9-5-3-6-10-27)42-24-28-11-7-4-8-12-28/h3-13,15,17-22H,14,16,23-24,37H2,1-2H3. The number of fused-ring (bicyclic) bond motifs is 3. The van der Waals surface area contributed by atoms with Crippen LogP contribution >= 0.6 is 7.82 Å². The average Bonchev–Trinajstić information content (AvgIpc) is 3.05. The second kappa shape index (κ2) is 13.0. The Morgan fingerprint density at radius 1 is 0.750 bits per heavy atom. The maximum atomic E-state index is 13.8. The smallest absolute Gasteiger partial charge is 0.404 e. The fourth-order valence-corrected chi connectivity index (χ4v) is 6.36. The number of phosphoric ester groups is 1. The molecule has 6 rings (SSSR count). The number of nitrogens with two attached hydrogens (primary N) is 1. The highest BCUT2D eigenvalue weighted by molar-refractivity contribution is 7.48. The van der Waals surface area contributed by atoms with E-state index in [0.29, 0.717) is 11.4 Å². The van der Waals surface area contributed by atoms with Crippen LogP contribution in [-0.4, -0.2) is 9.97 Å². The van der Waals surface area contributed by atoms with Gasteiger partial charge < -0.3 is 10.3 Å². The van der Waals surface area contributed by atoms with Gasteiger partial charge >= 0.3 is 7.82 Å². The van der Waals surface area contributed by atoms with E-state index >= 15 is 0 Å². The minimum atomic E-state index is -3.94. The van der Waals surface area contributed by atoms with Crippen molar-refractivity contribution >= 4 is 35.3 Å². The summed E-state index contributed by atoms with van der Waals surface area (Å²) in [5.74, 6) is 0.422. The van der Waals surface area contributed by atoms with E-state index in [2.05, 4.69) is 17.1 Å². The molecule has 0 radical (unpaired) electrons. The lowest BCUT2D eigenvalue weighted by Gasteiger charge is -2.19. The van der Waals surface area contributed by atoms with E-state index in [1.165, 1.54) is 0 Å². The zero-order valence-corrected chi connectivity index (χ0v) is 25.7. The van der Waals surface area contributed by atoms with Gasteiger partial charge in [-0.2, -0.15) is 0 Å². The monoisotopic (exact) mass is 603 g/mol. The summed E-state index contributed by atoms with van der Waals surface area (Å²) in [4.78, 5) is 9.53. The lowest BCUT2D eigenvalue weighted by Crippen LogP contribution is -2.04. The summed E-state index contributed by atoms with van der Waals surface area (Å²) in [6.07, 6.45) is 3.35. The Balaban J connectivity index is 1.16. The number of aryl methyl sites for hydroxylation is 4. The molecule has 44 heavy (non-hydrogen) atoms. The summed E-state index contributed by atoms with van der Waals surface area (Å²) < 4.78 is 31.3. The van der Waals surface area contributed by atoms with Gasteiger partial charge in [0.15, 0.2) is 0 Å². The lowest BCUT2D eigenvalue weighted by molar-refractivity contribution is 0.143. The van der Waals surface area contributed by atoms with Gasteiger partial charge in [-0.1, -0.05) is 78.9 Å². The van der Waals surface area contributed by atoms with Crippen molar-refractivity contribution in [1.82, 2.24) is 9.97 Å². The van der Waals surface area contributed by atoms with E-state index in [0.717, 1.165) is 68.2 Å². The molecule has 0 saturated heterocycles. The minimum Gasteiger partial charge on any atom is -0.404 e. The summed E-state index contributed by atoms with van der Waals surface area (Å²) >= 11 is 0. The van der Waals surface area contributed by atoms with Gasteiger partial charge in [-0.3, -0.25) is 19.0 Å². The topological polar surface area (TPSA) is 96.6 Å². The molecule has 0 spiro atoms. The van der Waals surface area contributed by atoms with Gasteiger partial charge in [-0.05, 0) is 78.8 Å². The van der Waals surface area contributed by atoms with Gasteiger partial charge in [-0.15, -0.1) is 0 Å². The number of hydrogen-bond acceptors (Lipinski definition) is 7. The SMILES string of the molecule is Cc1cc(OP(=O)(OCc2ccccc2)OCc2ccccc2)ccc1CCc1ccc2c(cnc3c(C)ccc(N)c32)n1. The van der Waals surface area contributed by atoms with E-state index in [4.69, 9.17) is 24.3 Å². The van der Waals surface area contributed by atoms with E-state index in [9.17, 15) is 4.57 Å². The number of pyridine rings is 2. The molecule has 4 aromatic carbocycles. The quantitative estimate of drug-likeness (QED) is 0.0899. The van der Waals surface area contributed by atoms with Crippen molar-refractivity contribution in [2.24, 2.45) is 0 Å². The molecular formula is C36H34N3O4P. The van der Waals surface area contributed by atoms with Crippen molar-refractivity contribution in [3.63, 3.8) is 0 Å². The second-order valence-corrected chi connectivity index (χ2v) is 12.4. The second-order valence-electron chi connectivity index (χ2n) is 10.8. The Kier molecular flexibility index (Phi) is 8.71. The zero-order chi connectivity index (χ0) is 30.5. The zero-order valence-electron chi connectivity index (χ0n) is 24.8. The summed E-state index contributed by atoms with van der Waals surface area (Å²) in [6.45, 7) is 4.24. The van der Waals surface area contributed by atoms with E-state index in [1.807, 2.05) is 111 Å². The predicted octanol–water partition coefficient (Wildman–Crippen LogP) is 8.69. The Hall–Kier alpha value is -4.55. The summed E-state index contributed by atoms with van der Waals surface area (Å²) in [5, 5.41) is 1.96. The first kappa shape index (κ1) is 29.5. The summed E-state index contributed by atoms with van der Waals surface area (Å²) in [7, 11) is -3.94. The number of rotatable bonds is 11. The van der Waals surface area contributed by atoms with Gasteiger partial charge in [0.2, 0.25) is 0 Å². The normalized spacial score (nSPS) is 11.7. The van der Waals surface area contributed by atoms with Gasteiger partial charge in [0.05, 0.1) is 30.4 Å². The molecule has 6 aromatic rings. The maximum absolute atomic E-state index is 13.8. The number of nitrogens with zero attached hydrogens (tertiary/aromatic N) is 2. The molecule has 0 bridgehead atoms. The molecule has 0 amide bonds. The van der Waals surface area contributed by atoms with E-state index in [1.54, 1.807) is 0 Å². The Labute approximate surface area is 257 Å². The third-order valence-electron chi connectivity index (χ3n) is 7.63. The van der Waals surface area contributed by atoms with E-state index in [-0.39, 0.29) is 13.2 Å². The first-order valence-corrected chi connectivity index (χ1v) is 16.0. The van der Waals surface area contributed by atoms with Crippen molar-refractivity contribution in [2.45, 2.75) is 39.9 Å². The van der Waals surface area contributed by atoms with Crippen molar-refractivity contribution in [2.75, 3.05) is 5.73 Å². The average molecular weight is 604 g/mol. The maximum Gasteiger partial charge on any atom is 0.530 e. The molecule has 0 unspecified atom stereocenters. The third-order valence-corrected chi connectivity index (χ3v) is 8.95. The summed E-state index contributed by atoms with van der Waals surface area (Å²) in [5.41, 5.74) is 14.7. The molecule has 0 aliphatic rings.